The van der Waals surface area contributed by atoms with Gasteiger partial charge in [-0.25, -0.2) is 9.59 Å². The summed E-state index contributed by atoms with van der Waals surface area (Å²) in [6.45, 7) is 12.6. The van der Waals surface area contributed by atoms with Gasteiger partial charge in [-0.2, -0.15) is 10.1 Å². The smallest absolute Gasteiger partial charge is 0.338 e. The van der Waals surface area contributed by atoms with E-state index in [0.717, 1.165) is 0 Å². The highest BCUT2D eigenvalue weighted by atomic mass is 31.1. The van der Waals surface area contributed by atoms with E-state index in [-0.39, 0.29) is 56.4 Å². The molecular weight excluding hydrogens is 419 g/mol. The molecule has 0 N–H and O–H groups in total. The van der Waals surface area contributed by atoms with Gasteiger partial charge < -0.3 is 14.0 Å². The van der Waals surface area contributed by atoms with Crippen molar-refractivity contribution in [3.05, 3.63) is 34.9 Å². The molecular formula is C22H34N2O6P+. The van der Waals surface area contributed by atoms with Crippen molar-refractivity contribution in [3.8, 4) is 6.07 Å². The van der Waals surface area contributed by atoms with E-state index in [9.17, 15) is 9.59 Å². The van der Waals surface area contributed by atoms with Crippen molar-refractivity contribution in [1.29, 1.82) is 5.26 Å². The third-order valence-corrected chi connectivity index (χ3v) is 6.23. The number of benzene rings is 1. The molecule has 0 heterocycles. The Hall–Kier alpha value is -2.04. The van der Waals surface area contributed by atoms with E-state index < -0.39 is 11.9 Å². The summed E-state index contributed by atoms with van der Waals surface area (Å²) in [4.78, 5) is 30.5. The molecule has 1 aromatic rings. The summed E-state index contributed by atoms with van der Waals surface area (Å²) in [5, 5.41) is 8.84. The second-order valence-corrected chi connectivity index (χ2v) is 8.55. The minimum Gasteiger partial charge on any atom is -0.462 e. The van der Waals surface area contributed by atoms with Crippen molar-refractivity contribution in [2.24, 2.45) is 0 Å². The third-order valence-electron chi connectivity index (χ3n) is 4.51. The first kappa shape index (κ1) is 27.0. The molecule has 0 radical (unpaired) electrons. The van der Waals surface area contributed by atoms with Crippen LogP contribution in [-0.4, -0.2) is 48.3 Å². The van der Waals surface area contributed by atoms with E-state index in [1.807, 2.05) is 27.7 Å². The number of rotatable bonds is 13. The Labute approximate surface area is 186 Å². The Morgan fingerprint density at radius 2 is 1.52 bits per heavy atom. The molecule has 0 bridgehead atoms. The van der Waals surface area contributed by atoms with Gasteiger partial charge in [0.25, 0.3) is 8.96 Å². The van der Waals surface area contributed by atoms with Crippen molar-refractivity contribution < 1.29 is 32.8 Å². The molecule has 0 aliphatic carbocycles. The summed E-state index contributed by atoms with van der Waals surface area (Å²) in [6.07, 6.45) is 0.300. The van der Waals surface area contributed by atoms with E-state index in [2.05, 4.69) is 6.07 Å². The minimum absolute atomic E-state index is 0.0521. The summed E-state index contributed by atoms with van der Waals surface area (Å²) in [5.41, 5.74) is 1.20. The van der Waals surface area contributed by atoms with E-state index in [1.54, 1.807) is 26.0 Å². The zero-order valence-corrected chi connectivity index (χ0v) is 20.3. The normalized spacial score (nSPS) is 11.8. The monoisotopic (exact) mass is 453 g/mol. The first-order chi connectivity index (χ1) is 14.7. The van der Waals surface area contributed by atoms with Gasteiger partial charge in [-0.15, -0.1) is 4.42 Å². The molecule has 172 valence electrons. The largest absolute Gasteiger partial charge is 0.462 e. The lowest BCUT2D eigenvalue weighted by molar-refractivity contribution is -1.04. The van der Waals surface area contributed by atoms with Crippen LogP contribution in [0.3, 0.4) is 0 Å². The van der Waals surface area contributed by atoms with Crippen LogP contribution in [0.2, 0.25) is 0 Å². The fraction of sp³-hybridized carbons (Fsp3) is 0.591. The first-order valence-electron chi connectivity index (χ1n) is 10.5. The van der Waals surface area contributed by atoms with Gasteiger partial charge in [-0.1, -0.05) is 0 Å². The number of ether oxygens (including phenoxy) is 2. The first-order valence-corrected chi connectivity index (χ1v) is 11.3. The molecule has 1 unspecified atom stereocenters. The van der Waals surface area contributed by atoms with Gasteiger partial charge in [0, 0.05) is 0 Å². The fourth-order valence-corrected chi connectivity index (χ4v) is 4.03. The molecule has 8 nitrogen and oxygen atoms in total. The maximum atomic E-state index is 12.2. The van der Waals surface area contributed by atoms with Crippen LogP contribution in [0.25, 0.3) is 0 Å². The third kappa shape index (κ3) is 7.86. The lowest BCUT2D eigenvalue weighted by atomic mass is 10.1. The SMILES string of the molecule is CCOC(=O)c1cc(COP[N+](OCCC#N)(C(C)C)C(C)C)cc(C(=O)OCC)c1. The summed E-state index contributed by atoms with van der Waals surface area (Å²) in [5.74, 6) is -1.02. The van der Waals surface area contributed by atoms with Crippen molar-refractivity contribution >= 4 is 20.9 Å². The maximum absolute atomic E-state index is 12.2. The highest BCUT2D eigenvalue weighted by molar-refractivity contribution is 7.25. The van der Waals surface area contributed by atoms with E-state index in [1.165, 1.54) is 6.07 Å². The zero-order valence-electron chi connectivity index (χ0n) is 19.3. The maximum Gasteiger partial charge on any atom is 0.338 e. The Morgan fingerprint density at radius 3 is 1.94 bits per heavy atom. The molecule has 0 saturated heterocycles. The van der Waals surface area contributed by atoms with Crippen LogP contribution in [0, 0.1) is 11.3 Å². The number of nitrogens with zero attached hydrogens (tertiary/aromatic N) is 2. The second kappa shape index (κ2) is 13.4. The topological polar surface area (TPSA) is 94.9 Å². The second-order valence-electron chi connectivity index (χ2n) is 7.38. The van der Waals surface area contributed by atoms with Crippen LogP contribution in [0.1, 0.15) is 74.2 Å². The van der Waals surface area contributed by atoms with Gasteiger partial charge >= 0.3 is 11.9 Å². The number of quaternary nitrogens is 1. The van der Waals surface area contributed by atoms with Crippen LogP contribution in [0.5, 0.6) is 0 Å². The summed E-state index contributed by atoms with van der Waals surface area (Å²) in [7, 11) is -0.0521. The lowest BCUT2D eigenvalue weighted by Gasteiger charge is -2.40. The van der Waals surface area contributed by atoms with Crippen molar-refractivity contribution in [3.63, 3.8) is 0 Å². The average Bonchev–Trinajstić information content (AvgIpc) is 2.72. The van der Waals surface area contributed by atoms with E-state index >= 15 is 0 Å². The van der Waals surface area contributed by atoms with Gasteiger partial charge in [0.2, 0.25) is 0 Å². The number of esters is 2. The molecule has 0 fully saturated rings. The quantitative estimate of drug-likeness (QED) is 0.187. The Balaban J connectivity index is 3.06. The molecule has 1 atom stereocenters. The van der Waals surface area contributed by atoms with Gasteiger partial charge in [-0.05, 0) is 65.3 Å². The van der Waals surface area contributed by atoms with Crippen molar-refractivity contribution in [1.82, 2.24) is 0 Å². The predicted molar refractivity (Wildman–Crippen MR) is 118 cm³/mol. The lowest BCUT2D eigenvalue weighted by Crippen LogP contribution is -2.51. The van der Waals surface area contributed by atoms with Crippen LogP contribution in [-0.2, 0) is 25.4 Å². The number of carbonyl (C=O) groups is 2. The molecule has 1 rings (SSSR count). The van der Waals surface area contributed by atoms with Crippen molar-refractivity contribution in [2.45, 2.75) is 66.7 Å². The number of nitriles is 1. The average molecular weight is 453 g/mol. The minimum atomic E-state index is -0.508. The standard InChI is InChI=1S/C22H34N2O6P/c1-7-27-21(25)19-12-18(13-20(14-19)22(26)28-8-2)15-30-31-24(16(3)4,17(5)6)29-11-9-10-23/h12-14,16-17,31H,7-9,11,15H2,1-6H3/q+1. The van der Waals surface area contributed by atoms with Crippen LogP contribution in [0.4, 0.5) is 0 Å². The number of carbonyl (C=O) groups excluding carboxylic acids is 2. The highest BCUT2D eigenvalue weighted by Gasteiger charge is 2.39. The molecule has 0 spiro atoms. The van der Waals surface area contributed by atoms with E-state index in [0.29, 0.717) is 18.6 Å². The number of hydrogen-bond acceptors (Lipinski definition) is 7. The Kier molecular flexibility index (Phi) is 11.7. The molecule has 31 heavy (non-hydrogen) atoms. The molecule has 9 heteroatoms. The molecule has 0 aromatic heterocycles. The fourth-order valence-electron chi connectivity index (χ4n) is 3.03. The molecule has 0 amide bonds. The zero-order chi connectivity index (χ0) is 23.4. The molecule has 0 aliphatic rings. The molecule has 1 aromatic carbocycles. The summed E-state index contributed by atoms with van der Waals surface area (Å²) < 4.78 is 16.4. The van der Waals surface area contributed by atoms with Crippen LogP contribution >= 0.6 is 8.96 Å². The Bertz CT molecular complexity index is 732. The van der Waals surface area contributed by atoms with Gasteiger partial charge in [0.05, 0.1) is 43.4 Å². The highest BCUT2D eigenvalue weighted by Crippen LogP contribution is 2.39. The van der Waals surface area contributed by atoms with Crippen molar-refractivity contribution in [2.75, 3.05) is 19.8 Å². The predicted octanol–water partition coefficient (Wildman–Crippen LogP) is 4.54. The van der Waals surface area contributed by atoms with Gasteiger partial charge in [0.15, 0.2) is 0 Å². The van der Waals surface area contributed by atoms with Crippen LogP contribution in [0.15, 0.2) is 18.2 Å². The summed E-state index contributed by atoms with van der Waals surface area (Å²) in [6, 6.07) is 7.09. The molecule has 0 saturated carbocycles. The number of hydrogen-bond donors (Lipinski definition) is 0. The van der Waals surface area contributed by atoms with E-state index in [4.69, 9.17) is 24.1 Å². The van der Waals surface area contributed by atoms with Crippen LogP contribution < -0.4 is 0 Å². The Morgan fingerprint density at radius 1 is 1.00 bits per heavy atom. The summed E-state index contributed by atoms with van der Waals surface area (Å²) >= 11 is 0. The van der Waals surface area contributed by atoms with Gasteiger partial charge in [-0.3, -0.25) is 0 Å². The number of hydroxylamine groups is 2. The van der Waals surface area contributed by atoms with Gasteiger partial charge in [0.1, 0.15) is 18.7 Å². The molecule has 0 aliphatic heterocycles.